The van der Waals surface area contributed by atoms with Gasteiger partial charge in [0.25, 0.3) is 0 Å². The van der Waals surface area contributed by atoms with Crippen molar-refractivity contribution >= 4 is 11.7 Å². The van der Waals surface area contributed by atoms with Gasteiger partial charge in [-0.3, -0.25) is 0 Å². The van der Waals surface area contributed by atoms with E-state index in [2.05, 4.69) is 5.16 Å². The highest BCUT2D eigenvalue weighted by Crippen LogP contribution is 2.30. The summed E-state index contributed by atoms with van der Waals surface area (Å²) < 4.78 is 18.2. The molecule has 0 saturated heterocycles. The number of hydrogen-bond donors (Lipinski definition) is 1. The Kier molecular flexibility index (Phi) is 2.70. The summed E-state index contributed by atoms with van der Waals surface area (Å²) in [4.78, 5) is 12.7. The molecule has 1 aromatic carbocycles. The fourth-order valence-electron chi connectivity index (χ4n) is 2.26. The molecule has 0 saturated carbocycles. The van der Waals surface area contributed by atoms with Crippen LogP contribution in [-0.2, 0) is 13.0 Å². The number of aromatic carboxylic acids is 1. The molecule has 6 heteroatoms. The first-order valence-electron chi connectivity index (χ1n) is 5.86. The predicted octanol–water partition coefficient (Wildman–Crippen LogP) is 2.07. The van der Waals surface area contributed by atoms with Crippen molar-refractivity contribution in [2.24, 2.45) is 0 Å². The second-order valence-corrected chi connectivity index (χ2v) is 4.43. The van der Waals surface area contributed by atoms with Crippen LogP contribution in [0.4, 0.5) is 10.1 Å². The SMILES string of the molecule is O=C(O)c1cc(CN2CCc3ccc(F)cc32)on1. The maximum atomic E-state index is 13.2. The first-order chi connectivity index (χ1) is 9.13. The topological polar surface area (TPSA) is 66.6 Å². The van der Waals surface area contributed by atoms with Crippen molar-refractivity contribution in [1.29, 1.82) is 0 Å². The maximum absolute atomic E-state index is 13.2. The third kappa shape index (κ3) is 2.16. The van der Waals surface area contributed by atoms with E-state index in [1.165, 1.54) is 18.2 Å². The summed E-state index contributed by atoms with van der Waals surface area (Å²) in [5.41, 5.74) is 1.79. The summed E-state index contributed by atoms with van der Waals surface area (Å²) in [5.74, 6) is -0.952. The van der Waals surface area contributed by atoms with Crippen LogP contribution in [0.15, 0.2) is 28.8 Å². The van der Waals surface area contributed by atoms with Crippen molar-refractivity contribution in [2.75, 3.05) is 11.4 Å². The molecule has 1 N–H and O–H groups in total. The normalized spacial score (nSPS) is 13.6. The Labute approximate surface area is 108 Å². The molecular formula is C13H11FN2O3. The third-order valence-corrected chi connectivity index (χ3v) is 3.16. The number of anilines is 1. The van der Waals surface area contributed by atoms with E-state index in [1.54, 1.807) is 6.07 Å². The van der Waals surface area contributed by atoms with E-state index in [0.717, 1.165) is 24.2 Å². The first kappa shape index (κ1) is 11.7. The number of hydrogen-bond acceptors (Lipinski definition) is 4. The number of carbonyl (C=O) groups is 1. The van der Waals surface area contributed by atoms with Crippen LogP contribution in [0.1, 0.15) is 21.8 Å². The number of rotatable bonds is 3. The molecule has 98 valence electrons. The molecule has 3 rings (SSSR count). The van der Waals surface area contributed by atoms with Crippen LogP contribution < -0.4 is 4.90 Å². The molecule has 0 spiro atoms. The minimum absolute atomic E-state index is 0.117. The van der Waals surface area contributed by atoms with Gasteiger partial charge in [-0.15, -0.1) is 0 Å². The average molecular weight is 262 g/mol. The molecule has 2 heterocycles. The van der Waals surface area contributed by atoms with Crippen LogP contribution in [-0.4, -0.2) is 22.8 Å². The van der Waals surface area contributed by atoms with E-state index in [-0.39, 0.29) is 11.5 Å². The van der Waals surface area contributed by atoms with E-state index in [4.69, 9.17) is 9.63 Å². The van der Waals surface area contributed by atoms with E-state index in [0.29, 0.717) is 12.3 Å². The molecule has 5 nitrogen and oxygen atoms in total. The Morgan fingerprint density at radius 1 is 1.47 bits per heavy atom. The molecule has 2 aromatic rings. The van der Waals surface area contributed by atoms with Crippen molar-refractivity contribution in [3.63, 3.8) is 0 Å². The fraction of sp³-hybridized carbons (Fsp3) is 0.231. The summed E-state index contributed by atoms with van der Waals surface area (Å²) in [6, 6.07) is 6.09. The maximum Gasteiger partial charge on any atom is 0.358 e. The molecule has 0 aliphatic carbocycles. The van der Waals surface area contributed by atoms with E-state index in [1.807, 2.05) is 4.90 Å². The Hall–Kier alpha value is -2.37. The van der Waals surface area contributed by atoms with Crippen molar-refractivity contribution in [3.8, 4) is 0 Å². The Morgan fingerprint density at radius 3 is 3.05 bits per heavy atom. The number of carboxylic acids is 1. The van der Waals surface area contributed by atoms with Gasteiger partial charge >= 0.3 is 5.97 Å². The average Bonchev–Trinajstić information content (AvgIpc) is 2.98. The van der Waals surface area contributed by atoms with Gasteiger partial charge in [0.1, 0.15) is 5.82 Å². The molecule has 19 heavy (non-hydrogen) atoms. The van der Waals surface area contributed by atoms with Gasteiger partial charge in [0.2, 0.25) is 0 Å². The van der Waals surface area contributed by atoms with Gasteiger partial charge in [0, 0.05) is 18.3 Å². The van der Waals surface area contributed by atoms with Crippen LogP contribution in [0.5, 0.6) is 0 Å². The lowest BCUT2D eigenvalue weighted by Crippen LogP contribution is -2.19. The van der Waals surface area contributed by atoms with E-state index in [9.17, 15) is 9.18 Å². The Morgan fingerprint density at radius 2 is 2.32 bits per heavy atom. The highest BCUT2D eigenvalue weighted by molar-refractivity contribution is 5.85. The predicted molar refractivity (Wildman–Crippen MR) is 64.6 cm³/mol. The van der Waals surface area contributed by atoms with Crippen LogP contribution in [0.25, 0.3) is 0 Å². The van der Waals surface area contributed by atoms with Gasteiger partial charge in [-0.05, 0) is 24.1 Å². The van der Waals surface area contributed by atoms with Gasteiger partial charge in [0.15, 0.2) is 11.5 Å². The van der Waals surface area contributed by atoms with E-state index < -0.39 is 5.97 Å². The molecule has 1 aromatic heterocycles. The van der Waals surface area contributed by atoms with Crippen molar-refractivity contribution in [1.82, 2.24) is 5.16 Å². The van der Waals surface area contributed by atoms with Gasteiger partial charge in [-0.2, -0.15) is 0 Å². The second-order valence-electron chi connectivity index (χ2n) is 4.43. The summed E-state index contributed by atoms with van der Waals surface area (Å²) in [5, 5.41) is 12.2. The zero-order chi connectivity index (χ0) is 13.4. The van der Waals surface area contributed by atoms with Crippen LogP contribution >= 0.6 is 0 Å². The molecule has 0 amide bonds. The molecule has 0 fully saturated rings. The number of benzene rings is 1. The summed E-state index contributed by atoms with van der Waals surface area (Å²) >= 11 is 0. The third-order valence-electron chi connectivity index (χ3n) is 3.16. The minimum atomic E-state index is -1.12. The van der Waals surface area contributed by atoms with Crippen LogP contribution in [0.3, 0.4) is 0 Å². The number of carboxylic acid groups (broad SMARTS) is 1. The van der Waals surface area contributed by atoms with Crippen LogP contribution in [0, 0.1) is 5.82 Å². The fourth-order valence-corrected chi connectivity index (χ4v) is 2.26. The summed E-state index contributed by atoms with van der Waals surface area (Å²) in [6.07, 6.45) is 0.843. The number of fused-ring (bicyclic) bond motifs is 1. The molecule has 1 aliphatic heterocycles. The minimum Gasteiger partial charge on any atom is -0.476 e. The lowest BCUT2D eigenvalue weighted by Gasteiger charge is -2.17. The molecule has 0 unspecified atom stereocenters. The van der Waals surface area contributed by atoms with Gasteiger partial charge in [-0.25, -0.2) is 9.18 Å². The quantitative estimate of drug-likeness (QED) is 0.917. The Balaban J connectivity index is 1.82. The number of aromatic nitrogens is 1. The largest absolute Gasteiger partial charge is 0.476 e. The summed E-state index contributed by atoms with van der Waals surface area (Å²) in [7, 11) is 0. The molecule has 1 aliphatic rings. The van der Waals surface area contributed by atoms with E-state index >= 15 is 0 Å². The van der Waals surface area contributed by atoms with Crippen molar-refractivity contribution < 1.29 is 18.8 Å². The van der Waals surface area contributed by atoms with Gasteiger partial charge in [0.05, 0.1) is 6.54 Å². The second kappa shape index (κ2) is 4.38. The number of nitrogens with zero attached hydrogens (tertiary/aromatic N) is 2. The van der Waals surface area contributed by atoms with Gasteiger partial charge < -0.3 is 14.5 Å². The molecule has 0 bridgehead atoms. The lowest BCUT2D eigenvalue weighted by atomic mass is 10.2. The van der Waals surface area contributed by atoms with Gasteiger partial charge in [-0.1, -0.05) is 11.2 Å². The zero-order valence-electron chi connectivity index (χ0n) is 9.97. The van der Waals surface area contributed by atoms with Crippen LogP contribution in [0.2, 0.25) is 0 Å². The van der Waals surface area contributed by atoms with Crippen molar-refractivity contribution in [2.45, 2.75) is 13.0 Å². The number of halogens is 1. The highest BCUT2D eigenvalue weighted by Gasteiger charge is 2.21. The summed E-state index contributed by atoms with van der Waals surface area (Å²) in [6.45, 7) is 1.14. The smallest absolute Gasteiger partial charge is 0.358 e. The zero-order valence-corrected chi connectivity index (χ0v) is 9.97. The molecular weight excluding hydrogens is 251 g/mol. The van der Waals surface area contributed by atoms with Crippen molar-refractivity contribution in [3.05, 3.63) is 47.1 Å². The molecule has 0 atom stereocenters. The highest BCUT2D eigenvalue weighted by atomic mass is 19.1. The Bertz CT molecular complexity index is 639. The lowest BCUT2D eigenvalue weighted by molar-refractivity contribution is 0.0685. The standard InChI is InChI=1S/C13H11FN2O3/c14-9-2-1-8-3-4-16(12(8)5-9)7-10-6-11(13(17)18)15-19-10/h1-2,5-6H,3-4,7H2,(H,17,18). The monoisotopic (exact) mass is 262 g/mol. The molecule has 0 radical (unpaired) electrons. The first-order valence-corrected chi connectivity index (χ1v) is 5.86.